The SMILES string of the molecule is O=C(C[C@H](NC(=O)c1cccnc1)C(=O)Nc1ccccc1)NO. The van der Waals surface area contributed by atoms with E-state index in [1.165, 1.54) is 23.9 Å². The van der Waals surface area contributed by atoms with Crippen molar-refractivity contribution in [2.75, 3.05) is 5.32 Å². The number of nitrogens with zero attached hydrogens (tertiary/aromatic N) is 1. The van der Waals surface area contributed by atoms with Crippen LogP contribution in [0.15, 0.2) is 54.9 Å². The predicted molar refractivity (Wildman–Crippen MR) is 85.1 cm³/mol. The second-order valence-electron chi connectivity index (χ2n) is 4.86. The molecule has 0 aliphatic rings. The lowest BCUT2D eigenvalue weighted by molar-refractivity contribution is -0.131. The molecule has 0 bridgehead atoms. The van der Waals surface area contributed by atoms with Crippen LogP contribution in [0.1, 0.15) is 16.8 Å². The molecule has 8 nitrogen and oxygen atoms in total. The largest absolute Gasteiger partial charge is 0.340 e. The van der Waals surface area contributed by atoms with Crippen molar-refractivity contribution in [3.05, 3.63) is 60.4 Å². The first kappa shape index (κ1) is 17.1. The number of hydrogen-bond donors (Lipinski definition) is 4. The molecule has 0 aliphatic carbocycles. The first-order chi connectivity index (χ1) is 11.6. The first-order valence-electron chi connectivity index (χ1n) is 7.10. The standard InChI is InChI=1S/C16H16N4O4/c21-14(20-24)9-13(16(23)18-12-6-2-1-3-7-12)19-15(22)11-5-4-8-17-10-11/h1-8,10,13,24H,9H2,(H,18,23)(H,19,22)(H,20,21)/t13-/m0/s1. The van der Waals surface area contributed by atoms with Gasteiger partial charge < -0.3 is 10.6 Å². The second-order valence-corrected chi connectivity index (χ2v) is 4.86. The third-order valence-electron chi connectivity index (χ3n) is 3.10. The molecule has 2 rings (SSSR count). The van der Waals surface area contributed by atoms with E-state index >= 15 is 0 Å². The summed E-state index contributed by atoms with van der Waals surface area (Å²) in [5.74, 6) is -1.93. The van der Waals surface area contributed by atoms with Crippen LogP contribution in [0.3, 0.4) is 0 Å². The zero-order valence-corrected chi connectivity index (χ0v) is 12.6. The van der Waals surface area contributed by atoms with Crippen LogP contribution in [0.5, 0.6) is 0 Å². The van der Waals surface area contributed by atoms with Crippen molar-refractivity contribution in [2.45, 2.75) is 12.5 Å². The van der Waals surface area contributed by atoms with Gasteiger partial charge in [0.2, 0.25) is 11.8 Å². The smallest absolute Gasteiger partial charge is 0.253 e. The van der Waals surface area contributed by atoms with E-state index in [1.807, 2.05) is 0 Å². The monoisotopic (exact) mass is 328 g/mol. The fourth-order valence-corrected chi connectivity index (χ4v) is 1.93. The third-order valence-corrected chi connectivity index (χ3v) is 3.10. The van der Waals surface area contributed by atoms with Crippen LogP contribution in [0.25, 0.3) is 0 Å². The van der Waals surface area contributed by atoms with Crippen LogP contribution in [-0.2, 0) is 9.59 Å². The summed E-state index contributed by atoms with van der Waals surface area (Å²) in [5, 5.41) is 13.7. The van der Waals surface area contributed by atoms with Crippen LogP contribution in [0.2, 0.25) is 0 Å². The summed E-state index contributed by atoms with van der Waals surface area (Å²) in [5.41, 5.74) is 2.21. The molecule has 1 heterocycles. The Morgan fingerprint density at radius 2 is 1.83 bits per heavy atom. The molecule has 0 saturated carbocycles. The van der Waals surface area contributed by atoms with Gasteiger partial charge in [0, 0.05) is 18.1 Å². The number of aromatic nitrogens is 1. The Hall–Kier alpha value is -3.26. The Morgan fingerprint density at radius 3 is 2.46 bits per heavy atom. The molecular weight excluding hydrogens is 312 g/mol. The van der Waals surface area contributed by atoms with Gasteiger partial charge in [0.05, 0.1) is 12.0 Å². The number of carbonyl (C=O) groups is 3. The topological polar surface area (TPSA) is 120 Å². The lowest BCUT2D eigenvalue weighted by Crippen LogP contribution is -2.46. The minimum atomic E-state index is -1.16. The van der Waals surface area contributed by atoms with Gasteiger partial charge in [-0.1, -0.05) is 18.2 Å². The molecule has 2 aromatic rings. The number of rotatable bonds is 6. The molecular formula is C16H16N4O4. The van der Waals surface area contributed by atoms with Crippen LogP contribution >= 0.6 is 0 Å². The molecule has 3 amide bonds. The van der Waals surface area contributed by atoms with Crippen LogP contribution in [0.4, 0.5) is 5.69 Å². The molecule has 1 atom stereocenters. The fourth-order valence-electron chi connectivity index (χ4n) is 1.93. The van der Waals surface area contributed by atoms with E-state index in [9.17, 15) is 14.4 Å². The number of nitrogens with one attached hydrogen (secondary N) is 3. The molecule has 0 aliphatic heterocycles. The molecule has 0 spiro atoms. The van der Waals surface area contributed by atoms with Crippen LogP contribution in [0, 0.1) is 0 Å². The zero-order chi connectivity index (χ0) is 17.4. The number of amides is 3. The van der Waals surface area contributed by atoms with Crippen molar-refractivity contribution in [1.29, 1.82) is 0 Å². The van der Waals surface area contributed by atoms with Gasteiger partial charge in [-0.3, -0.25) is 24.6 Å². The summed E-state index contributed by atoms with van der Waals surface area (Å²) >= 11 is 0. The molecule has 1 aromatic heterocycles. The highest BCUT2D eigenvalue weighted by molar-refractivity contribution is 6.02. The van der Waals surface area contributed by atoms with E-state index < -0.39 is 30.2 Å². The van der Waals surface area contributed by atoms with Gasteiger partial charge >= 0.3 is 0 Å². The van der Waals surface area contributed by atoms with Crippen molar-refractivity contribution in [1.82, 2.24) is 15.8 Å². The maximum Gasteiger partial charge on any atom is 0.253 e. The Kier molecular flexibility index (Phi) is 5.98. The van der Waals surface area contributed by atoms with E-state index in [-0.39, 0.29) is 5.56 Å². The highest BCUT2D eigenvalue weighted by atomic mass is 16.5. The zero-order valence-electron chi connectivity index (χ0n) is 12.6. The maximum atomic E-state index is 12.3. The summed E-state index contributed by atoms with van der Waals surface area (Å²) < 4.78 is 0. The number of hydrogen-bond acceptors (Lipinski definition) is 5. The lowest BCUT2D eigenvalue weighted by atomic mass is 10.1. The number of hydroxylamine groups is 1. The number of para-hydroxylation sites is 1. The number of pyridine rings is 1. The average Bonchev–Trinajstić information content (AvgIpc) is 2.62. The van der Waals surface area contributed by atoms with E-state index in [4.69, 9.17) is 5.21 Å². The minimum Gasteiger partial charge on any atom is -0.340 e. The lowest BCUT2D eigenvalue weighted by Gasteiger charge is -2.17. The molecule has 0 unspecified atom stereocenters. The summed E-state index contributed by atoms with van der Waals surface area (Å²) in [6.07, 6.45) is 2.43. The van der Waals surface area contributed by atoms with Crippen molar-refractivity contribution >= 4 is 23.4 Å². The number of anilines is 1. The van der Waals surface area contributed by atoms with Gasteiger partial charge in [-0.25, -0.2) is 5.48 Å². The van der Waals surface area contributed by atoms with E-state index in [1.54, 1.807) is 36.4 Å². The molecule has 8 heteroatoms. The molecule has 4 N–H and O–H groups in total. The molecule has 124 valence electrons. The molecule has 0 fully saturated rings. The molecule has 1 aromatic carbocycles. The van der Waals surface area contributed by atoms with E-state index in [0.29, 0.717) is 5.69 Å². The fraction of sp³-hybridized carbons (Fsp3) is 0.125. The van der Waals surface area contributed by atoms with Crippen LogP contribution in [-0.4, -0.2) is 34.0 Å². The van der Waals surface area contributed by atoms with Gasteiger partial charge in [-0.2, -0.15) is 0 Å². The van der Waals surface area contributed by atoms with Crippen molar-refractivity contribution in [3.63, 3.8) is 0 Å². The van der Waals surface area contributed by atoms with Gasteiger partial charge in [-0.05, 0) is 24.3 Å². The number of carbonyl (C=O) groups excluding carboxylic acids is 3. The van der Waals surface area contributed by atoms with Gasteiger partial charge in [0.1, 0.15) is 6.04 Å². The Labute approximate surface area is 137 Å². The van der Waals surface area contributed by atoms with E-state index in [0.717, 1.165) is 0 Å². The highest BCUT2D eigenvalue weighted by Gasteiger charge is 2.24. The van der Waals surface area contributed by atoms with Gasteiger partial charge in [0.25, 0.3) is 5.91 Å². The highest BCUT2D eigenvalue weighted by Crippen LogP contribution is 2.07. The molecule has 24 heavy (non-hydrogen) atoms. The summed E-state index contributed by atoms with van der Waals surface area (Å²) in [6.45, 7) is 0. The first-order valence-corrected chi connectivity index (χ1v) is 7.10. The minimum absolute atomic E-state index is 0.249. The van der Waals surface area contributed by atoms with E-state index in [2.05, 4.69) is 15.6 Å². The average molecular weight is 328 g/mol. The predicted octanol–water partition coefficient (Wildman–Crippen LogP) is 0.714. The quantitative estimate of drug-likeness (QED) is 0.460. The third kappa shape index (κ3) is 4.89. The maximum absolute atomic E-state index is 12.3. The van der Waals surface area contributed by atoms with Gasteiger partial charge in [0.15, 0.2) is 0 Å². The number of benzene rings is 1. The Bertz CT molecular complexity index is 707. The Balaban J connectivity index is 2.10. The van der Waals surface area contributed by atoms with Crippen LogP contribution < -0.4 is 16.1 Å². The summed E-state index contributed by atoms with van der Waals surface area (Å²) in [6, 6.07) is 10.5. The summed E-state index contributed by atoms with van der Waals surface area (Å²) in [7, 11) is 0. The normalized spacial score (nSPS) is 11.2. The van der Waals surface area contributed by atoms with Crippen molar-refractivity contribution in [3.8, 4) is 0 Å². The van der Waals surface area contributed by atoms with Gasteiger partial charge in [-0.15, -0.1) is 0 Å². The summed E-state index contributed by atoms with van der Waals surface area (Å²) in [4.78, 5) is 39.7. The van der Waals surface area contributed by atoms with Crippen molar-refractivity contribution < 1.29 is 19.6 Å². The Morgan fingerprint density at radius 1 is 1.08 bits per heavy atom. The second kappa shape index (κ2) is 8.39. The van der Waals surface area contributed by atoms with Crippen molar-refractivity contribution in [2.24, 2.45) is 0 Å². The molecule has 0 saturated heterocycles. The molecule has 0 radical (unpaired) electrons.